The Morgan fingerprint density at radius 2 is 2.43 bits per heavy atom. The Morgan fingerprint density at radius 1 is 1.57 bits per heavy atom. The molecule has 0 aliphatic carbocycles. The average molecular weight is 288 g/mol. The first-order chi connectivity index (χ1) is 6.72. The molecule has 1 aromatic rings. The third-order valence-electron chi connectivity index (χ3n) is 2.02. The van der Waals surface area contributed by atoms with Crippen molar-refractivity contribution < 1.29 is 0 Å². The van der Waals surface area contributed by atoms with E-state index in [0.29, 0.717) is 0 Å². The van der Waals surface area contributed by atoms with Gasteiger partial charge in [-0.1, -0.05) is 0 Å². The minimum Gasteiger partial charge on any atom is -0.236 e. The van der Waals surface area contributed by atoms with Crippen molar-refractivity contribution in [1.29, 1.82) is 0 Å². The van der Waals surface area contributed by atoms with Crippen LogP contribution in [0.2, 0.25) is 0 Å². The van der Waals surface area contributed by atoms with E-state index in [-0.39, 0.29) is 0 Å². The molecule has 0 saturated carbocycles. The fourth-order valence-corrected chi connectivity index (χ4v) is 3.69. The van der Waals surface area contributed by atoms with Crippen LogP contribution in [0.1, 0.15) is 10.4 Å². The van der Waals surface area contributed by atoms with Gasteiger partial charge in [0.05, 0.1) is 6.54 Å². The zero-order chi connectivity index (χ0) is 9.71. The van der Waals surface area contributed by atoms with Crippen LogP contribution in [-0.2, 0) is 6.54 Å². The van der Waals surface area contributed by atoms with E-state index in [1.807, 2.05) is 5.01 Å². The number of amidine groups is 1. The van der Waals surface area contributed by atoms with Crippen LogP contribution in [-0.4, -0.2) is 14.1 Å². The number of rotatable bonds is 0. The van der Waals surface area contributed by atoms with E-state index >= 15 is 0 Å². The standard InChI is InChI=1S/C8H6BrN3S2/c1-4-2-5-3-12-8(10-6(5)13-4)14-7(9)11-12/h2H,3H2,1H3. The molecule has 0 bridgehead atoms. The molecule has 1 aromatic heterocycles. The van der Waals surface area contributed by atoms with Crippen molar-refractivity contribution in [3.05, 3.63) is 16.5 Å². The predicted molar refractivity (Wildman–Crippen MR) is 65.6 cm³/mol. The summed E-state index contributed by atoms with van der Waals surface area (Å²) in [6.45, 7) is 2.96. The van der Waals surface area contributed by atoms with Gasteiger partial charge in [0.15, 0.2) is 9.12 Å². The highest BCUT2D eigenvalue weighted by Gasteiger charge is 2.27. The van der Waals surface area contributed by atoms with Crippen molar-refractivity contribution in [1.82, 2.24) is 5.01 Å². The first kappa shape index (κ1) is 8.94. The Morgan fingerprint density at radius 3 is 3.29 bits per heavy atom. The fraction of sp³-hybridized carbons (Fsp3) is 0.250. The molecule has 3 nitrogen and oxygen atoms in total. The van der Waals surface area contributed by atoms with Gasteiger partial charge in [0, 0.05) is 10.4 Å². The number of hydrogen-bond donors (Lipinski definition) is 0. The third-order valence-corrected chi connectivity index (χ3v) is 4.39. The van der Waals surface area contributed by atoms with Gasteiger partial charge >= 0.3 is 0 Å². The molecule has 0 aromatic carbocycles. The number of thiophene rings is 1. The lowest BCUT2D eigenvalue weighted by atomic mass is 10.3. The summed E-state index contributed by atoms with van der Waals surface area (Å²) in [5.74, 6) is 0. The molecule has 0 atom stereocenters. The number of thioether (sulfide) groups is 1. The molecule has 0 fully saturated rings. The number of aliphatic imine (C=N–C) groups is 1. The van der Waals surface area contributed by atoms with E-state index in [2.05, 4.69) is 39.0 Å². The minimum absolute atomic E-state index is 0.848. The Hall–Kier alpha value is -0.330. The molecule has 2 aliphatic rings. The van der Waals surface area contributed by atoms with E-state index in [4.69, 9.17) is 0 Å². The molecule has 3 rings (SSSR count). The maximum Gasteiger partial charge on any atom is 0.193 e. The van der Waals surface area contributed by atoms with E-state index in [9.17, 15) is 0 Å². The number of halogens is 1. The largest absolute Gasteiger partial charge is 0.236 e. The van der Waals surface area contributed by atoms with Gasteiger partial charge in [-0.3, -0.25) is 0 Å². The number of hydrogen-bond acceptors (Lipinski definition) is 5. The fourth-order valence-electron chi connectivity index (χ4n) is 1.48. The summed E-state index contributed by atoms with van der Waals surface area (Å²) >= 11 is 6.69. The summed E-state index contributed by atoms with van der Waals surface area (Å²) in [4.78, 5) is 5.87. The lowest BCUT2D eigenvalue weighted by Crippen LogP contribution is -2.20. The van der Waals surface area contributed by atoms with Gasteiger partial charge < -0.3 is 0 Å². The quantitative estimate of drug-likeness (QED) is 0.733. The van der Waals surface area contributed by atoms with E-state index < -0.39 is 0 Å². The first-order valence-electron chi connectivity index (χ1n) is 4.10. The summed E-state index contributed by atoms with van der Waals surface area (Å²) in [6, 6.07) is 2.19. The van der Waals surface area contributed by atoms with Crippen LogP contribution in [0, 0.1) is 6.92 Å². The molecule has 0 N–H and O–H groups in total. The van der Waals surface area contributed by atoms with Crippen molar-refractivity contribution in [3.63, 3.8) is 0 Å². The Kier molecular flexibility index (Phi) is 1.97. The summed E-state index contributed by atoms with van der Waals surface area (Å²) in [7, 11) is 0. The minimum atomic E-state index is 0.848. The Balaban J connectivity index is 2.06. The van der Waals surface area contributed by atoms with Crippen molar-refractivity contribution in [2.24, 2.45) is 10.1 Å². The summed E-state index contributed by atoms with van der Waals surface area (Å²) < 4.78 is 0.892. The number of fused-ring (bicyclic) bond motifs is 2. The molecule has 0 spiro atoms. The van der Waals surface area contributed by atoms with Crippen LogP contribution >= 0.6 is 39.0 Å². The van der Waals surface area contributed by atoms with Crippen LogP contribution in [0.25, 0.3) is 0 Å². The molecule has 0 unspecified atom stereocenters. The van der Waals surface area contributed by atoms with Crippen molar-refractivity contribution in [2.75, 3.05) is 0 Å². The maximum absolute atomic E-state index is 4.56. The smallest absolute Gasteiger partial charge is 0.193 e. The molecule has 0 saturated heterocycles. The predicted octanol–water partition coefficient (Wildman–Crippen LogP) is 3.27. The second-order valence-electron chi connectivity index (χ2n) is 3.09. The summed E-state index contributed by atoms with van der Waals surface area (Å²) in [5, 5.41) is 8.37. The topological polar surface area (TPSA) is 28.0 Å². The lowest BCUT2D eigenvalue weighted by Gasteiger charge is -2.17. The SMILES string of the molecule is Cc1cc2c(s1)N=C1SC(Br)=NN1C2. The van der Waals surface area contributed by atoms with Gasteiger partial charge in [-0.2, -0.15) is 5.10 Å². The van der Waals surface area contributed by atoms with Crippen molar-refractivity contribution in [2.45, 2.75) is 13.5 Å². The molecule has 14 heavy (non-hydrogen) atoms. The maximum atomic E-state index is 4.56. The van der Waals surface area contributed by atoms with Crippen molar-refractivity contribution in [3.8, 4) is 0 Å². The average Bonchev–Trinajstić information content (AvgIpc) is 2.59. The Labute approximate surface area is 98.0 Å². The molecular formula is C8H6BrN3S2. The molecule has 3 heterocycles. The van der Waals surface area contributed by atoms with Crippen LogP contribution in [0.15, 0.2) is 16.2 Å². The van der Waals surface area contributed by atoms with Crippen LogP contribution in [0.4, 0.5) is 5.00 Å². The van der Waals surface area contributed by atoms with Gasteiger partial charge in [-0.05, 0) is 40.7 Å². The first-order valence-corrected chi connectivity index (χ1v) is 6.52. The third kappa shape index (κ3) is 1.32. The van der Waals surface area contributed by atoms with Gasteiger partial charge in [0.25, 0.3) is 0 Å². The van der Waals surface area contributed by atoms with E-state index in [0.717, 1.165) is 20.7 Å². The highest BCUT2D eigenvalue weighted by Crippen LogP contribution is 2.39. The molecule has 6 heteroatoms. The van der Waals surface area contributed by atoms with Gasteiger partial charge in [-0.15, -0.1) is 11.3 Å². The van der Waals surface area contributed by atoms with E-state index in [1.165, 1.54) is 10.4 Å². The summed E-state index contributed by atoms with van der Waals surface area (Å²) in [5.41, 5.74) is 1.28. The zero-order valence-electron chi connectivity index (χ0n) is 7.32. The monoisotopic (exact) mass is 287 g/mol. The van der Waals surface area contributed by atoms with Gasteiger partial charge in [0.2, 0.25) is 0 Å². The molecule has 72 valence electrons. The number of nitrogens with zero attached hydrogens (tertiary/aromatic N) is 3. The normalized spacial score (nSPS) is 18.9. The highest BCUT2D eigenvalue weighted by atomic mass is 79.9. The second-order valence-corrected chi connectivity index (χ2v) is 6.56. The second kappa shape index (κ2) is 3.08. The van der Waals surface area contributed by atoms with Gasteiger partial charge in [-0.25, -0.2) is 10.0 Å². The van der Waals surface area contributed by atoms with Crippen LogP contribution in [0.3, 0.4) is 0 Å². The molecule has 0 radical (unpaired) electrons. The Bertz CT molecular complexity index is 463. The number of aryl methyl sites for hydroxylation is 1. The highest BCUT2D eigenvalue weighted by molar-refractivity contribution is 9.22. The number of hydrazone groups is 1. The molecule has 2 aliphatic heterocycles. The van der Waals surface area contributed by atoms with Gasteiger partial charge in [0.1, 0.15) is 5.00 Å². The summed E-state index contributed by atoms with van der Waals surface area (Å²) in [6.07, 6.45) is 0. The van der Waals surface area contributed by atoms with Crippen molar-refractivity contribution >= 4 is 53.2 Å². The molecular weight excluding hydrogens is 282 g/mol. The van der Waals surface area contributed by atoms with Crippen LogP contribution < -0.4 is 0 Å². The molecule has 0 amide bonds. The van der Waals surface area contributed by atoms with E-state index in [1.54, 1.807) is 23.1 Å². The lowest BCUT2D eigenvalue weighted by molar-refractivity contribution is 0.450. The zero-order valence-corrected chi connectivity index (χ0v) is 10.5. The van der Waals surface area contributed by atoms with Crippen LogP contribution in [0.5, 0.6) is 0 Å².